The van der Waals surface area contributed by atoms with Crippen molar-refractivity contribution in [2.24, 2.45) is 0 Å². The summed E-state index contributed by atoms with van der Waals surface area (Å²) in [7, 11) is 0. The third-order valence-corrected chi connectivity index (χ3v) is 2.90. The van der Waals surface area contributed by atoms with Crippen molar-refractivity contribution in [1.29, 1.82) is 0 Å². The molecule has 0 N–H and O–H groups in total. The first-order chi connectivity index (χ1) is 8.43. The standard InChI is InChI=1S/C11H7Cl2F3N2/c12-4-7-5-18(6-17-7)10-8(11(14,15)16)2-1-3-9(10)13/h1-3,5-6H,4H2. The number of para-hydroxylation sites is 1. The maximum atomic E-state index is 12.9. The fourth-order valence-corrected chi connectivity index (χ4v) is 1.97. The summed E-state index contributed by atoms with van der Waals surface area (Å²) in [6, 6.07) is 3.63. The van der Waals surface area contributed by atoms with Crippen LogP contribution in [0.4, 0.5) is 13.2 Å². The summed E-state index contributed by atoms with van der Waals surface area (Å²) in [5, 5.41) is 0.00310. The van der Waals surface area contributed by atoms with E-state index in [1.165, 1.54) is 29.2 Å². The molecule has 2 nitrogen and oxygen atoms in total. The number of halogens is 5. The Kier molecular flexibility index (Phi) is 3.54. The van der Waals surface area contributed by atoms with Gasteiger partial charge in [-0.2, -0.15) is 13.2 Å². The monoisotopic (exact) mass is 294 g/mol. The number of nitrogens with zero attached hydrogens (tertiary/aromatic N) is 2. The van der Waals surface area contributed by atoms with Gasteiger partial charge in [0.25, 0.3) is 0 Å². The predicted molar refractivity (Wildman–Crippen MR) is 63.1 cm³/mol. The van der Waals surface area contributed by atoms with Gasteiger partial charge in [-0.3, -0.25) is 0 Å². The normalized spacial score (nSPS) is 11.8. The Bertz CT molecular complexity index is 564. The largest absolute Gasteiger partial charge is 0.418 e. The molecule has 0 spiro atoms. The van der Waals surface area contributed by atoms with Crippen molar-refractivity contribution in [3.63, 3.8) is 0 Å². The number of hydrogen-bond acceptors (Lipinski definition) is 1. The first-order valence-corrected chi connectivity index (χ1v) is 5.79. The van der Waals surface area contributed by atoms with Gasteiger partial charge in [-0.05, 0) is 12.1 Å². The van der Waals surface area contributed by atoms with Crippen LogP contribution in [0.2, 0.25) is 5.02 Å². The molecule has 0 aliphatic carbocycles. The van der Waals surface area contributed by atoms with E-state index in [2.05, 4.69) is 4.98 Å². The summed E-state index contributed by atoms with van der Waals surface area (Å²) in [5.41, 5.74) is -0.478. The second kappa shape index (κ2) is 4.82. The second-order valence-corrected chi connectivity index (χ2v) is 4.21. The number of alkyl halides is 4. The van der Waals surface area contributed by atoms with E-state index in [0.717, 1.165) is 6.07 Å². The Morgan fingerprint density at radius 3 is 2.56 bits per heavy atom. The van der Waals surface area contributed by atoms with Gasteiger partial charge in [0.05, 0.1) is 34.2 Å². The van der Waals surface area contributed by atoms with Crippen molar-refractivity contribution >= 4 is 23.2 Å². The van der Waals surface area contributed by atoms with E-state index in [1.54, 1.807) is 0 Å². The minimum atomic E-state index is -4.48. The summed E-state index contributed by atoms with van der Waals surface area (Å²) < 4.78 is 39.9. The van der Waals surface area contributed by atoms with E-state index in [1.807, 2.05) is 0 Å². The number of imidazole rings is 1. The van der Waals surface area contributed by atoms with Crippen LogP contribution in [-0.2, 0) is 12.1 Å². The Morgan fingerprint density at radius 1 is 1.28 bits per heavy atom. The third kappa shape index (κ3) is 2.47. The molecule has 7 heteroatoms. The summed E-state index contributed by atoms with van der Waals surface area (Å²) >= 11 is 11.4. The van der Waals surface area contributed by atoms with Crippen LogP contribution in [0.1, 0.15) is 11.3 Å². The van der Waals surface area contributed by atoms with E-state index < -0.39 is 11.7 Å². The molecule has 0 fully saturated rings. The highest BCUT2D eigenvalue weighted by Gasteiger charge is 2.34. The first kappa shape index (κ1) is 13.2. The SMILES string of the molecule is FC(F)(F)c1cccc(Cl)c1-n1cnc(CCl)c1. The zero-order valence-electron chi connectivity index (χ0n) is 8.88. The van der Waals surface area contributed by atoms with Crippen LogP contribution < -0.4 is 0 Å². The Balaban J connectivity index is 2.62. The lowest BCUT2D eigenvalue weighted by atomic mass is 10.1. The summed E-state index contributed by atoms with van der Waals surface area (Å²) in [6.07, 6.45) is -1.80. The molecule has 2 aromatic rings. The smallest absolute Gasteiger partial charge is 0.304 e. The lowest BCUT2D eigenvalue weighted by Gasteiger charge is -2.14. The van der Waals surface area contributed by atoms with Gasteiger partial charge >= 0.3 is 6.18 Å². The molecule has 1 aromatic heterocycles. The van der Waals surface area contributed by atoms with Crippen LogP contribution in [0.25, 0.3) is 5.69 Å². The van der Waals surface area contributed by atoms with E-state index in [-0.39, 0.29) is 16.6 Å². The van der Waals surface area contributed by atoms with Gasteiger partial charge in [0.1, 0.15) is 0 Å². The number of benzene rings is 1. The van der Waals surface area contributed by atoms with Crippen LogP contribution in [0.3, 0.4) is 0 Å². The molecule has 0 aliphatic rings. The lowest BCUT2D eigenvalue weighted by Crippen LogP contribution is -2.10. The minimum Gasteiger partial charge on any atom is -0.304 e. The molecule has 18 heavy (non-hydrogen) atoms. The quantitative estimate of drug-likeness (QED) is 0.756. The fraction of sp³-hybridized carbons (Fsp3) is 0.182. The van der Waals surface area contributed by atoms with Gasteiger partial charge in [0, 0.05) is 6.20 Å². The van der Waals surface area contributed by atoms with Crippen molar-refractivity contribution in [2.75, 3.05) is 0 Å². The molecule has 0 amide bonds. The average Bonchev–Trinajstić information content (AvgIpc) is 2.75. The molecule has 0 saturated carbocycles. The van der Waals surface area contributed by atoms with Gasteiger partial charge in [-0.1, -0.05) is 17.7 Å². The molecule has 0 radical (unpaired) electrons. The Morgan fingerprint density at radius 2 is 2.00 bits per heavy atom. The van der Waals surface area contributed by atoms with Crippen molar-refractivity contribution in [3.05, 3.63) is 47.0 Å². The highest BCUT2D eigenvalue weighted by atomic mass is 35.5. The van der Waals surface area contributed by atoms with Crippen LogP contribution in [0.5, 0.6) is 0 Å². The summed E-state index contributed by atoms with van der Waals surface area (Å²) in [6.45, 7) is 0. The van der Waals surface area contributed by atoms with E-state index in [4.69, 9.17) is 23.2 Å². The molecule has 96 valence electrons. The van der Waals surface area contributed by atoms with Crippen LogP contribution in [-0.4, -0.2) is 9.55 Å². The third-order valence-electron chi connectivity index (χ3n) is 2.32. The Labute approximate surface area is 111 Å². The summed E-state index contributed by atoms with van der Waals surface area (Å²) in [4.78, 5) is 3.88. The molecule has 1 heterocycles. The number of hydrogen-bond donors (Lipinski definition) is 0. The van der Waals surface area contributed by atoms with Crippen molar-refractivity contribution in [2.45, 2.75) is 12.1 Å². The van der Waals surface area contributed by atoms with E-state index in [0.29, 0.717) is 5.69 Å². The van der Waals surface area contributed by atoms with Crippen molar-refractivity contribution < 1.29 is 13.2 Å². The van der Waals surface area contributed by atoms with Gasteiger partial charge < -0.3 is 4.57 Å². The molecule has 0 aliphatic heterocycles. The molecule has 0 unspecified atom stereocenters. The number of aromatic nitrogens is 2. The van der Waals surface area contributed by atoms with Crippen LogP contribution in [0, 0.1) is 0 Å². The number of rotatable bonds is 2. The zero-order chi connectivity index (χ0) is 13.3. The highest BCUT2D eigenvalue weighted by molar-refractivity contribution is 6.32. The lowest BCUT2D eigenvalue weighted by molar-refractivity contribution is -0.137. The van der Waals surface area contributed by atoms with Crippen LogP contribution in [0.15, 0.2) is 30.7 Å². The average molecular weight is 295 g/mol. The highest BCUT2D eigenvalue weighted by Crippen LogP contribution is 2.37. The molecule has 2 rings (SSSR count). The maximum Gasteiger partial charge on any atom is 0.418 e. The fourth-order valence-electron chi connectivity index (χ4n) is 1.56. The Hall–Kier alpha value is -1.20. The molecule has 1 aromatic carbocycles. The molecule has 0 bridgehead atoms. The zero-order valence-corrected chi connectivity index (χ0v) is 10.4. The first-order valence-electron chi connectivity index (χ1n) is 4.88. The van der Waals surface area contributed by atoms with Crippen molar-refractivity contribution in [3.8, 4) is 5.69 Å². The second-order valence-electron chi connectivity index (χ2n) is 3.54. The van der Waals surface area contributed by atoms with Crippen LogP contribution >= 0.6 is 23.2 Å². The molecule has 0 atom stereocenters. The van der Waals surface area contributed by atoms with Gasteiger partial charge in [0.2, 0.25) is 0 Å². The van der Waals surface area contributed by atoms with Gasteiger partial charge in [-0.25, -0.2) is 4.98 Å². The maximum absolute atomic E-state index is 12.9. The summed E-state index contributed by atoms with van der Waals surface area (Å²) in [5.74, 6) is 0.124. The van der Waals surface area contributed by atoms with Crippen molar-refractivity contribution in [1.82, 2.24) is 9.55 Å². The predicted octanol–water partition coefficient (Wildman–Crippen LogP) is 4.28. The topological polar surface area (TPSA) is 17.8 Å². The van der Waals surface area contributed by atoms with E-state index >= 15 is 0 Å². The van der Waals surface area contributed by atoms with E-state index in [9.17, 15) is 13.2 Å². The van der Waals surface area contributed by atoms with Gasteiger partial charge in [-0.15, -0.1) is 11.6 Å². The molecular weight excluding hydrogens is 288 g/mol. The molecule has 0 saturated heterocycles. The minimum absolute atomic E-state index is 0.00310. The van der Waals surface area contributed by atoms with Gasteiger partial charge in [0.15, 0.2) is 0 Å². The molecular formula is C11H7Cl2F3N2.